The lowest BCUT2D eigenvalue weighted by Gasteiger charge is -2.26. The van der Waals surface area contributed by atoms with Crippen molar-refractivity contribution in [2.24, 2.45) is 5.41 Å². The van der Waals surface area contributed by atoms with Gasteiger partial charge in [0.1, 0.15) is 0 Å². The highest BCUT2D eigenvalue weighted by Gasteiger charge is 2.30. The van der Waals surface area contributed by atoms with Crippen LogP contribution in [0.1, 0.15) is 40.0 Å². The number of carbonyl (C=O) groups excluding carboxylic acids is 1. The normalized spacial score (nSPS) is 20.4. The van der Waals surface area contributed by atoms with Gasteiger partial charge in [-0.3, -0.25) is 4.79 Å². The number of nitrogens with zero attached hydrogens (tertiary/aromatic N) is 1. The van der Waals surface area contributed by atoms with Gasteiger partial charge in [-0.1, -0.05) is 20.8 Å². The lowest BCUT2D eigenvalue weighted by Crippen LogP contribution is -2.45. The van der Waals surface area contributed by atoms with Gasteiger partial charge in [0.25, 0.3) is 0 Å². The largest absolute Gasteiger partial charge is 0.481 e. The van der Waals surface area contributed by atoms with Crippen LogP contribution in [-0.2, 0) is 4.79 Å². The molecule has 2 amide bonds. The van der Waals surface area contributed by atoms with Crippen molar-refractivity contribution < 1.29 is 14.7 Å². The second-order valence-corrected chi connectivity index (χ2v) is 5.81. The van der Waals surface area contributed by atoms with Crippen molar-refractivity contribution in [1.82, 2.24) is 10.2 Å². The second-order valence-electron chi connectivity index (χ2n) is 5.81. The number of carbonyl (C=O) groups is 2. The van der Waals surface area contributed by atoms with Gasteiger partial charge in [-0.2, -0.15) is 0 Å². The van der Waals surface area contributed by atoms with E-state index in [2.05, 4.69) is 5.32 Å². The Morgan fingerprint density at radius 2 is 2.06 bits per heavy atom. The molecule has 17 heavy (non-hydrogen) atoms. The molecule has 0 spiro atoms. The zero-order valence-electron chi connectivity index (χ0n) is 10.8. The Labute approximate surface area is 102 Å². The van der Waals surface area contributed by atoms with E-state index in [1.54, 1.807) is 4.90 Å². The monoisotopic (exact) mass is 242 g/mol. The summed E-state index contributed by atoms with van der Waals surface area (Å²) in [6.07, 6.45) is 1.72. The van der Waals surface area contributed by atoms with Crippen LogP contribution >= 0.6 is 0 Å². The minimum atomic E-state index is -0.842. The zero-order valence-corrected chi connectivity index (χ0v) is 10.8. The molecule has 1 atom stereocenters. The van der Waals surface area contributed by atoms with Crippen molar-refractivity contribution >= 4 is 12.0 Å². The van der Waals surface area contributed by atoms with Crippen LogP contribution in [0.3, 0.4) is 0 Å². The molecule has 1 heterocycles. The summed E-state index contributed by atoms with van der Waals surface area (Å²) in [5.41, 5.74) is 0.0394. The van der Waals surface area contributed by atoms with Gasteiger partial charge < -0.3 is 15.3 Å². The maximum absolute atomic E-state index is 11.9. The number of hydrogen-bond acceptors (Lipinski definition) is 2. The standard InChI is InChI=1S/C12H22N2O3/c1-12(2,3)8-13-11(17)14-6-4-5-9(14)7-10(15)16/h9H,4-8H2,1-3H3,(H,13,17)(H,15,16). The Morgan fingerprint density at radius 1 is 1.41 bits per heavy atom. The average Bonchev–Trinajstić information content (AvgIpc) is 2.60. The van der Waals surface area contributed by atoms with Crippen molar-refractivity contribution in [1.29, 1.82) is 0 Å². The van der Waals surface area contributed by atoms with E-state index >= 15 is 0 Å². The number of aliphatic carboxylic acids is 1. The Hall–Kier alpha value is -1.26. The molecular weight excluding hydrogens is 220 g/mol. The highest BCUT2D eigenvalue weighted by molar-refractivity contribution is 5.76. The first-order valence-corrected chi connectivity index (χ1v) is 6.06. The van der Waals surface area contributed by atoms with E-state index in [1.807, 2.05) is 20.8 Å². The van der Waals surface area contributed by atoms with Crippen LogP contribution < -0.4 is 5.32 Å². The predicted octanol–water partition coefficient (Wildman–Crippen LogP) is 1.68. The fraction of sp³-hybridized carbons (Fsp3) is 0.833. The van der Waals surface area contributed by atoms with Gasteiger partial charge in [0.15, 0.2) is 0 Å². The first kappa shape index (κ1) is 13.8. The minimum Gasteiger partial charge on any atom is -0.481 e. The smallest absolute Gasteiger partial charge is 0.317 e. The van der Waals surface area contributed by atoms with Crippen LogP contribution in [-0.4, -0.2) is 41.1 Å². The van der Waals surface area contributed by atoms with E-state index in [0.717, 1.165) is 12.8 Å². The quantitative estimate of drug-likeness (QED) is 0.791. The highest BCUT2D eigenvalue weighted by atomic mass is 16.4. The summed E-state index contributed by atoms with van der Waals surface area (Å²) >= 11 is 0. The minimum absolute atomic E-state index is 0.0394. The van der Waals surface area contributed by atoms with Crippen LogP contribution in [0.4, 0.5) is 4.79 Å². The Morgan fingerprint density at radius 3 is 2.59 bits per heavy atom. The average molecular weight is 242 g/mol. The Kier molecular flexibility index (Phi) is 4.37. The fourth-order valence-electron chi connectivity index (χ4n) is 1.96. The Balaban J connectivity index is 2.47. The predicted molar refractivity (Wildman–Crippen MR) is 64.8 cm³/mol. The third-order valence-corrected chi connectivity index (χ3v) is 2.82. The Bertz CT molecular complexity index is 297. The number of amides is 2. The fourth-order valence-corrected chi connectivity index (χ4v) is 1.96. The molecule has 1 unspecified atom stereocenters. The maximum atomic E-state index is 11.9. The zero-order chi connectivity index (χ0) is 13.1. The molecule has 0 radical (unpaired) electrons. The first-order valence-electron chi connectivity index (χ1n) is 6.06. The third kappa shape index (κ3) is 4.63. The summed E-state index contributed by atoms with van der Waals surface area (Å²) in [6.45, 7) is 7.40. The molecule has 1 rings (SSSR count). The number of urea groups is 1. The van der Waals surface area contributed by atoms with Gasteiger partial charge >= 0.3 is 12.0 Å². The van der Waals surface area contributed by atoms with Crippen molar-refractivity contribution in [3.05, 3.63) is 0 Å². The molecule has 5 nitrogen and oxygen atoms in total. The summed E-state index contributed by atoms with van der Waals surface area (Å²) in [5, 5.41) is 11.6. The summed E-state index contributed by atoms with van der Waals surface area (Å²) < 4.78 is 0. The summed E-state index contributed by atoms with van der Waals surface area (Å²) in [5.74, 6) is -0.842. The number of likely N-dealkylation sites (tertiary alicyclic amines) is 1. The lowest BCUT2D eigenvalue weighted by atomic mass is 9.97. The van der Waals surface area contributed by atoms with Gasteiger partial charge in [-0.05, 0) is 18.3 Å². The molecular formula is C12H22N2O3. The molecule has 0 aromatic rings. The molecule has 2 N–H and O–H groups in total. The maximum Gasteiger partial charge on any atom is 0.317 e. The van der Waals surface area contributed by atoms with E-state index < -0.39 is 5.97 Å². The van der Waals surface area contributed by atoms with Crippen LogP contribution in [0.2, 0.25) is 0 Å². The molecule has 1 aliphatic heterocycles. The molecule has 0 aromatic carbocycles. The van der Waals surface area contributed by atoms with Gasteiger partial charge in [0.05, 0.1) is 6.42 Å². The van der Waals surface area contributed by atoms with E-state index in [-0.39, 0.29) is 23.9 Å². The third-order valence-electron chi connectivity index (χ3n) is 2.82. The van der Waals surface area contributed by atoms with E-state index in [9.17, 15) is 9.59 Å². The number of carboxylic acid groups (broad SMARTS) is 1. The molecule has 5 heteroatoms. The summed E-state index contributed by atoms with van der Waals surface area (Å²) in [4.78, 5) is 24.2. The first-order chi connectivity index (χ1) is 7.79. The number of hydrogen-bond donors (Lipinski definition) is 2. The van der Waals surface area contributed by atoms with Crippen molar-refractivity contribution in [2.45, 2.75) is 46.1 Å². The molecule has 98 valence electrons. The molecule has 1 aliphatic rings. The second kappa shape index (κ2) is 5.38. The van der Waals surface area contributed by atoms with Crippen molar-refractivity contribution in [3.8, 4) is 0 Å². The van der Waals surface area contributed by atoms with Gasteiger partial charge in [0.2, 0.25) is 0 Å². The van der Waals surface area contributed by atoms with Crippen molar-refractivity contribution in [2.75, 3.05) is 13.1 Å². The SMILES string of the molecule is CC(C)(C)CNC(=O)N1CCCC1CC(=O)O. The van der Waals surface area contributed by atoms with Crippen LogP contribution in [0.15, 0.2) is 0 Å². The molecule has 0 bridgehead atoms. The number of nitrogens with one attached hydrogen (secondary N) is 1. The summed E-state index contributed by atoms with van der Waals surface area (Å²) in [7, 11) is 0. The van der Waals surface area contributed by atoms with E-state index in [0.29, 0.717) is 13.1 Å². The lowest BCUT2D eigenvalue weighted by molar-refractivity contribution is -0.137. The van der Waals surface area contributed by atoms with Crippen LogP contribution in [0.5, 0.6) is 0 Å². The number of carboxylic acids is 1. The highest BCUT2D eigenvalue weighted by Crippen LogP contribution is 2.20. The molecule has 1 saturated heterocycles. The molecule has 0 saturated carbocycles. The van der Waals surface area contributed by atoms with Crippen LogP contribution in [0, 0.1) is 5.41 Å². The molecule has 0 aliphatic carbocycles. The van der Waals surface area contributed by atoms with Gasteiger partial charge in [-0.25, -0.2) is 4.79 Å². The van der Waals surface area contributed by atoms with Gasteiger partial charge in [0, 0.05) is 19.1 Å². The van der Waals surface area contributed by atoms with Crippen molar-refractivity contribution in [3.63, 3.8) is 0 Å². The van der Waals surface area contributed by atoms with Crippen LogP contribution in [0.25, 0.3) is 0 Å². The molecule has 1 fully saturated rings. The molecule has 0 aromatic heterocycles. The van der Waals surface area contributed by atoms with Gasteiger partial charge in [-0.15, -0.1) is 0 Å². The summed E-state index contributed by atoms with van der Waals surface area (Å²) in [6, 6.07) is -0.281. The van der Waals surface area contributed by atoms with E-state index in [4.69, 9.17) is 5.11 Å². The van der Waals surface area contributed by atoms with E-state index in [1.165, 1.54) is 0 Å². The number of rotatable bonds is 3. The topological polar surface area (TPSA) is 69.6 Å².